The predicted octanol–water partition coefficient (Wildman–Crippen LogP) is 3.65. The summed E-state index contributed by atoms with van der Waals surface area (Å²) in [5, 5.41) is 17.4. The number of aliphatic hydroxyl groups is 1. The van der Waals surface area contributed by atoms with Crippen LogP contribution >= 0.6 is 0 Å². The highest BCUT2D eigenvalue weighted by atomic mass is 19.1. The lowest BCUT2D eigenvalue weighted by molar-refractivity contribution is -0.120. The maximum atomic E-state index is 13.6. The summed E-state index contributed by atoms with van der Waals surface area (Å²) in [5.74, 6) is -0.0241. The quantitative estimate of drug-likeness (QED) is 0.529. The Hall–Kier alpha value is -2.58. The lowest BCUT2D eigenvalue weighted by atomic mass is 9.73. The molecule has 0 bridgehead atoms. The number of carbonyl (C=O) groups excluding carboxylic acids is 1. The molecule has 1 fully saturated rings. The fraction of sp³-hybridized carbons (Fsp3) is 0.593. The van der Waals surface area contributed by atoms with Gasteiger partial charge >= 0.3 is 0 Å². The maximum Gasteiger partial charge on any atom is 0.218 e. The molecule has 0 aromatic carbocycles. The molecule has 2 aliphatic rings. The standard InChI is InChI=1S/C27H37FN4O3/c1-17(33)32-22(10-18-8-20(28)15-29-13-18)24(34)16-30-23-12-27(6-5-7-27)35-25-21(23)9-19(14-31-25)11-26(2,3)4/h8-9,13-15,22-24,30,34H,5-7,10-12,16H2,1-4H3,(H,32,33)/t22-,23-,24+/m0/s1. The minimum absolute atomic E-state index is 0.0186. The molecule has 4 rings (SSSR count). The van der Waals surface area contributed by atoms with Gasteiger partial charge in [0.2, 0.25) is 11.8 Å². The van der Waals surface area contributed by atoms with Gasteiger partial charge in [0.05, 0.1) is 18.3 Å². The van der Waals surface area contributed by atoms with E-state index in [-0.39, 0.29) is 35.9 Å². The number of halogens is 1. The first-order chi connectivity index (χ1) is 16.5. The Balaban J connectivity index is 1.50. The number of carbonyl (C=O) groups is 1. The molecule has 2 aromatic heterocycles. The molecule has 190 valence electrons. The molecule has 7 nitrogen and oxygen atoms in total. The van der Waals surface area contributed by atoms with Crippen LogP contribution in [0.1, 0.15) is 76.1 Å². The van der Waals surface area contributed by atoms with Crippen molar-refractivity contribution in [3.63, 3.8) is 0 Å². The highest BCUT2D eigenvalue weighted by molar-refractivity contribution is 5.73. The van der Waals surface area contributed by atoms with Crippen LogP contribution in [0.2, 0.25) is 0 Å². The van der Waals surface area contributed by atoms with E-state index in [2.05, 4.69) is 47.4 Å². The van der Waals surface area contributed by atoms with Gasteiger partial charge in [-0.25, -0.2) is 9.37 Å². The Labute approximate surface area is 206 Å². The zero-order valence-electron chi connectivity index (χ0n) is 21.1. The molecule has 3 heterocycles. The Morgan fingerprint density at radius 3 is 2.66 bits per heavy atom. The third-order valence-electron chi connectivity index (χ3n) is 6.84. The maximum absolute atomic E-state index is 13.6. The third-order valence-corrected chi connectivity index (χ3v) is 6.84. The van der Waals surface area contributed by atoms with Gasteiger partial charge in [-0.15, -0.1) is 0 Å². The summed E-state index contributed by atoms with van der Waals surface area (Å²) in [4.78, 5) is 20.4. The van der Waals surface area contributed by atoms with E-state index in [0.29, 0.717) is 11.4 Å². The number of rotatable bonds is 8. The van der Waals surface area contributed by atoms with Crippen molar-refractivity contribution in [2.24, 2.45) is 5.41 Å². The van der Waals surface area contributed by atoms with E-state index in [4.69, 9.17) is 4.74 Å². The lowest BCUT2D eigenvalue weighted by Gasteiger charge is -2.47. The highest BCUT2D eigenvalue weighted by Crippen LogP contribution is 2.48. The molecule has 1 amide bonds. The van der Waals surface area contributed by atoms with Crippen molar-refractivity contribution in [2.75, 3.05) is 6.54 Å². The van der Waals surface area contributed by atoms with Crippen molar-refractivity contribution in [1.29, 1.82) is 0 Å². The minimum Gasteiger partial charge on any atom is -0.471 e. The van der Waals surface area contributed by atoms with Crippen LogP contribution in [0, 0.1) is 11.2 Å². The normalized spacial score (nSPS) is 20.3. The van der Waals surface area contributed by atoms with Gasteiger partial charge in [0, 0.05) is 43.9 Å². The summed E-state index contributed by atoms with van der Waals surface area (Å²) < 4.78 is 20.0. The number of pyridine rings is 2. The predicted molar refractivity (Wildman–Crippen MR) is 131 cm³/mol. The van der Waals surface area contributed by atoms with Crippen molar-refractivity contribution in [1.82, 2.24) is 20.6 Å². The van der Waals surface area contributed by atoms with Gasteiger partial charge in [0.1, 0.15) is 11.4 Å². The van der Waals surface area contributed by atoms with E-state index in [1.54, 1.807) is 6.20 Å². The topological polar surface area (TPSA) is 96.4 Å². The van der Waals surface area contributed by atoms with Crippen LogP contribution in [0.4, 0.5) is 4.39 Å². The number of aromatic nitrogens is 2. The molecule has 3 N–H and O–H groups in total. The Bertz CT molecular complexity index is 1050. The molecular weight excluding hydrogens is 447 g/mol. The molecule has 2 aromatic rings. The van der Waals surface area contributed by atoms with Crippen LogP contribution in [0.5, 0.6) is 5.88 Å². The van der Waals surface area contributed by atoms with Gasteiger partial charge in [0.15, 0.2) is 0 Å². The number of fused-ring (bicyclic) bond motifs is 1. The van der Waals surface area contributed by atoms with E-state index in [9.17, 15) is 14.3 Å². The fourth-order valence-electron chi connectivity index (χ4n) is 5.12. The summed E-state index contributed by atoms with van der Waals surface area (Å²) in [5.41, 5.74) is 2.73. The number of hydrogen-bond acceptors (Lipinski definition) is 6. The first-order valence-corrected chi connectivity index (χ1v) is 12.5. The zero-order chi connectivity index (χ0) is 25.2. The molecule has 1 spiro atoms. The highest BCUT2D eigenvalue weighted by Gasteiger charge is 2.46. The molecule has 1 aliphatic carbocycles. The van der Waals surface area contributed by atoms with Crippen molar-refractivity contribution in [3.8, 4) is 5.88 Å². The van der Waals surface area contributed by atoms with Crippen LogP contribution in [-0.4, -0.2) is 45.3 Å². The Morgan fingerprint density at radius 2 is 2.03 bits per heavy atom. The molecule has 1 saturated carbocycles. The van der Waals surface area contributed by atoms with Gasteiger partial charge in [-0.2, -0.15) is 0 Å². The number of nitrogens with one attached hydrogen (secondary N) is 2. The second-order valence-electron chi connectivity index (χ2n) is 11.4. The van der Waals surface area contributed by atoms with Crippen LogP contribution in [0.25, 0.3) is 0 Å². The minimum atomic E-state index is -0.878. The summed E-state index contributed by atoms with van der Waals surface area (Å²) in [7, 11) is 0. The van der Waals surface area contributed by atoms with Gasteiger partial charge in [-0.1, -0.05) is 20.8 Å². The van der Waals surface area contributed by atoms with Gasteiger partial charge in [0.25, 0.3) is 0 Å². The second-order valence-corrected chi connectivity index (χ2v) is 11.4. The third kappa shape index (κ3) is 6.55. The number of aliphatic hydroxyl groups excluding tert-OH is 1. The summed E-state index contributed by atoms with van der Waals surface area (Å²) in [6.45, 7) is 8.28. The Kier molecular flexibility index (Phi) is 7.43. The SMILES string of the molecule is CC(=O)N[C@@H](Cc1cncc(F)c1)[C@H](O)CN[C@H]1CC2(CCC2)Oc2ncc(CC(C)(C)C)cc21. The van der Waals surface area contributed by atoms with Crippen molar-refractivity contribution in [2.45, 2.75) is 90.0 Å². The number of hydrogen-bond donors (Lipinski definition) is 3. The van der Waals surface area contributed by atoms with Crippen LogP contribution in [0.3, 0.4) is 0 Å². The van der Waals surface area contributed by atoms with Crippen molar-refractivity contribution < 1.29 is 19.0 Å². The fourth-order valence-corrected chi connectivity index (χ4v) is 5.12. The molecule has 3 atom stereocenters. The van der Waals surface area contributed by atoms with Crippen LogP contribution in [-0.2, 0) is 17.6 Å². The largest absolute Gasteiger partial charge is 0.471 e. The van der Waals surface area contributed by atoms with E-state index in [0.717, 1.165) is 49.4 Å². The molecular formula is C27H37FN4O3. The van der Waals surface area contributed by atoms with E-state index >= 15 is 0 Å². The summed E-state index contributed by atoms with van der Waals surface area (Å²) in [6.07, 6.45) is 8.85. The molecule has 0 radical (unpaired) electrons. The summed E-state index contributed by atoms with van der Waals surface area (Å²) >= 11 is 0. The zero-order valence-corrected chi connectivity index (χ0v) is 21.1. The molecule has 8 heteroatoms. The van der Waals surface area contributed by atoms with Gasteiger partial charge in [-0.3, -0.25) is 9.78 Å². The number of ether oxygens (including phenoxy) is 1. The second kappa shape index (κ2) is 10.2. The Morgan fingerprint density at radius 1 is 1.26 bits per heavy atom. The van der Waals surface area contributed by atoms with Gasteiger partial charge in [-0.05, 0) is 60.8 Å². The van der Waals surface area contributed by atoms with Gasteiger partial charge < -0.3 is 20.5 Å². The number of amides is 1. The number of nitrogens with zero attached hydrogens (tertiary/aromatic N) is 2. The molecule has 0 saturated heterocycles. The average Bonchev–Trinajstić information content (AvgIpc) is 2.74. The average molecular weight is 485 g/mol. The van der Waals surface area contributed by atoms with Crippen LogP contribution < -0.4 is 15.4 Å². The van der Waals surface area contributed by atoms with Crippen molar-refractivity contribution >= 4 is 5.91 Å². The molecule has 0 unspecified atom stereocenters. The molecule has 1 aliphatic heterocycles. The summed E-state index contributed by atoms with van der Waals surface area (Å²) in [6, 6.07) is 2.95. The van der Waals surface area contributed by atoms with E-state index < -0.39 is 18.0 Å². The van der Waals surface area contributed by atoms with Crippen LogP contribution in [0.15, 0.2) is 30.7 Å². The smallest absolute Gasteiger partial charge is 0.218 e. The first-order valence-electron chi connectivity index (χ1n) is 12.5. The monoisotopic (exact) mass is 484 g/mol. The molecule has 35 heavy (non-hydrogen) atoms. The van der Waals surface area contributed by atoms with Crippen molar-refractivity contribution in [3.05, 3.63) is 53.2 Å². The van der Waals surface area contributed by atoms with E-state index in [1.165, 1.54) is 13.0 Å². The van der Waals surface area contributed by atoms with E-state index in [1.807, 2.05) is 6.20 Å². The lowest BCUT2D eigenvalue weighted by Crippen LogP contribution is -2.52. The first kappa shape index (κ1) is 25.5.